The minimum atomic E-state index is -3.80. The standard InChI is InChI=1S/C15H13ClN2O3S2/c16-11-3-4-13-9(5-11)1-2-10(13)7-18-15(19)14-6-12(8-22-14)23(17,20)21/h3-8,10H,1-2H2,(H2,17,20,21). The van der Waals surface area contributed by atoms with Crippen molar-refractivity contribution < 1.29 is 13.2 Å². The van der Waals surface area contributed by atoms with Crippen LogP contribution in [-0.4, -0.2) is 20.5 Å². The van der Waals surface area contributed by atoms with Gasteiger partial charge in [-0.25, -0.2) is 18.5 Å². The molecular formula is C15H13ClN2O3S2. The number of nitrogens with zero attached hydrogens (tertiary/aromatic N) is 1. The molecule has 1 aromatic heterocycles. The van der Waals surface area contributed by atoms with Crippen molar-refractivity contribution in [3.8, 4) is 0 Å². The number of sulfonamides is 1. The number of halogens is 1. The van der Waals surface area contributed by atoms with Crippen molar-refractivity contribution in [2.24, 2.45) is 10.1 Å². The predicted molar refractivity (Wildman–Crippen MR) is 91.0 cm³/mol. The van der Waals surface area contributed by atoms with Gasteiger partial charge in [0.15, 0.2) is 0 Å². The van der Waals surface area contributed by atoms with Crippen molar-refractivity contribution in [2.75, 3.05) is 0 Å². The van der Waals surface area contributed by atoms with E-state index >= 15 is 0 Å². The van der Waals surface area contributed by atoms with Crippen molar-refractivity contribution >= 4 is 45.1 Å². The first-order valence-corrected chi connectivity index (χ1v) is 9.63. The number of hydrogen-bond acceptors (Lipinski definition) is 4. The molecule has 0 fully saturated rings. The fourth-order valence-corrected chi connectivity index (χ4v) is 4.47. The summed E-state index contributed by atoms with van der Waals surface area (Å²) in [6, 6.07) is 6.97. The first-order valence-electron chi connectivity index (χ1n) is 6.83. The molecule has 1 aromatic carbocycles. The number of hydrogen-bond donors (Lipinski definition) is 1. The lowest BCUT2D eigenvalue weighted by Gasteiger charge is -2.04. The van der Waals surface area contributed by atoms with Gasteiger partial charge in [-0.05, 0) is 42.2 Å². The molecule has 23 heavy (non-hydrogen) atoms. The molecule has 1 atom stereocenters. The Balaban J connectivity index is 1.77. The molecule has 0 bridgehead atoms. The molecular weight excluding hydrogens is 356 g/mol. The van der Waals surface area contributed by atoms with E-state index in [1.807, 2.05) is 18.2 Å². The Morgan fingerprint density at radius 1 is 1.39 bits per heavy atom. The number of amides is 1. The number of primary sulfonamides is 1. The van der Waals surface area contributed by atoms with Crippen LogP contribution in [-0.2, 0) is 16.4 Å². The number of benzene rings is 1. The molecule has 2 N–H and O–H groups in total. The summed E-state index contributed by atoms with van der Waals surface area (Å²) in [6.07, 6.45) is 3.40. The summed E-state index contributed by atoms with van der Waals surface area (Å²) in [5, 5.41) is 7.07. The van der Waals surface area contributed by atoms with Gasteiger partial charge in [0, 0.05) is 22.5 Å². The van der Waals surface area contributed by atoms with Crippen LogP contribution >= 0.6 is 22.9 Å². The van der Waals surface area contributed by atoms with Gasteiger partial charge in [0.25, 0.3) is 5.91 Å². The molecule has 0 aliphatic heterocycles. The molecule has 1 aliphatic rings. The van der Waals surface area contributed by atoms with E-state index in [0.717, 1.165) is 29.7 Å². The highest BCUT2D eigenvalue weighted by atomic mass is 35.5. The molecule has 0 saturated carbocycles. The van der Waals surface area contributed by atoms with E-state index in [1.165, 1.54) is 17.0 Å². The molecule has 1 heterocycles. The van der Waals surface area contributed by atoms with Crippen LogP contribution in [0.3, 0.4) is 0 Å². The van der Waals surface area contributed by atoms with E-state index in [4.69, 9.17) is 16.7 Å². The van der Waals surface area contributed by atoms with Crippen LogP contribution in [0.25, 0.3) is 0 Å². The third-order valence-corrected chi connectivity index (χ3v) is 5.91. The lowest BCUT2D eigenvalue weighted by molar-refractivity contribution is 0.101. The monoisotopic (exact) mass is 368 g/mol. The summed E-state index contributed by atoms with van der Waals surface area (Å²) < 4.78 is 22.4. The topological polar surface area (TPSA) is 89.6 Å². The number of rotatable bonds is 3. The molecule has 120 valence electrons. The van der Waals surface area contributed by atoms with Crippen LogP contribution in [0.4, 0.5) is 0 Å². The number of carbonyl (C=O) groups is 1. The maximum absolute atomic E-state index is 12.1. The second-order valence-corrected chi connectivity index (χ2v) is 8.17. The molecule has 0 saturated heterocycles. The Morgan fingerprint density at radius 2 is 2.17 bits per heavy atom. The Hall–Kier alpha value is -1.54. The molecule has 1 amide bonds. The van der Waals surface area contributed by atoms with Gasteiger partial charge in [0.2, 0.25) is 10.0 Å². The molecule has 2 aromatic rings. The summed E-state index contributed by atoms with van der Waals surface area (Å²) in [7, 11) is -3.80. The molecule has 0 spiro atoms. The molecule has 3 rings (SSSR count). The minimum Gasteiger partial charge on any atom is -0.266 e. The van der Waals surface area contributed by atoms with Gasteiger partial charge in [-0.2, -0.15) is 0 Å². The lowest BCUT2D eigenvalue weighted by Crippen LogP contribution is -2.10. The van der Waals surface area contributed by atoms with Crippen LogP contribution in [0.1, 0.15) is 33.1 Å². The number of aliphatic imine (C=N–C) groups is 1. The number of carbonyl (C=O) groups excluding carboxylic acids is 1. The van der Waals surface area contributed by atoms with Gasteiger partial charge in [0.1, 0.15) is 0 Å². The zero-order chi connectivity index (χ0) is 16.6. The summed E-state index contributed by atoms with van der Waals surface area (Å²) in [5.74, 6) is -0.392. The maximum atomic E-state index is 12.1. The van der Waals surface area contributed by atoms with Crippen LogP contribution in [0, 0.1) is 0 Å². The van der Waals surface area contributed by atoms with Crippen molar-refractivity contribution in [3.63, 3.8) is 0 Å². The van der Waals surface area contributed by atoms with E-state index in [1.54, 1.807) is 6.21 Å². The molecule has 0 radical (unpaired) electrons. The maximum Gasteiger partial charge on any atom is 0.286 e. The SMILES string of the molecule is NS(=O)(=O)c1csc(C(=O)N=CC2CCc3cc(Cl)ccc32)c1. The van der Waals surface area contributed by atoms with Crippen molar-refractivity contribution in [1.29, 1.82) is 0 Å². The summed E-state index contributed by atoms with van der Waals surface area (Å²) in [4.78, 5) is 16.2. The van der Waals surface area contributed by atoms with Crippen molar-refractivity contribution in [3.05, 3.63) is 50.7 Å². The Bertz CT molecular complexity index is 903. The zero-order valence-corrected chi connectivity index (χ0v) is 14.3. The lowest BCUT2D eigenvalue weighted by atomic mass is 10.0. The van der Waals surface area contributed by atoms with E-state index in [-0.39, 0.29) is 15.7 Å². The third-order valence-electron chi connectivity index (χ3n) is 3.72. The van der Waals surface area contributed by atoms with Gasteiger partial charge in [0.05, 0.1) is 9.77 Å². The van der Waals surface area contributed by atoms with Crippen molar-refractivity contribution in [2.45, 2.75) is 23.7 Å². The van der Waals surface area contributed by atoms with E-state index in [2.05, 4.69) is 4.99 Å². The van der Waals surface area contributed by atoms with E-state index < -0.39 is 15.9 Å². The Labute approximate surface area is 142 Å². The van der Waals surface area contributed by atoms with Crippen LogP contribution in [0.15, 0.2) is 39.5 Å². The number of fused-ring (bicyclic) bond motifs is 1. The largest absolute Gasteiger partial charge is 0.286 e. The second-order valence-electron chi connectivity index (χ2n) is 5.26. The Morgan fingerprint density at radius 3 is 2.87 bits per heavy atom. The van der Waals surface area contributed by atoms with Gasteiger partial charge < -0.3 is 0 Å². The van der Waals surface area contributed by atoms with E-state index in [0.29, 0.717) is 5.02 Å². The highest BCUT2D eigenvalue weighted by Crippen LogP contribution is 2.33. The summed E-state index contributed by atoms with van der Waals surface area (Å²) in [5.41, 5.74) is 2.30. The van der Waals surface area contributed by atoms with Gasteiger partial charge in [-0.15, -0.1) is 11.3 Å². The first kappa shape index (κ1) is 16.3. The highest BCUT2D eigenvalue weighted by Gasteiger charge is 2.21. The smallest absolute Gasteiger partial charge is 0.266 e. The molecule has 1 aliphatic carbocycles. The fraction of sp³-hybridized carbons (Fsp3) is 0.200. The number of thiophene rings is 1. The van der Waals surface area contributed by atoms with Crippen LogP contribution < -0.4 is 5.14 Å². The quantitative estimate of drug-likeness (QED) is 0.844. The average Bonchev–Trinajstić information content (AvgIpc) is 3.11. The zero-order valence-electron chi connectivity index (χ0n) is 11.9. The third kappa shape index (κ3) is 3.53. The first-order chi connectivity index (χ1) is 10.8. The number of aryl methyl sites for hydroxylation is 1. The highest BCUT2D eigenvalue weighted by molar-refractivity contribution is 7.89. The molecule has 8 heteroatoms. The number of nitrogens with two attached hydrogens (primary N) is 1. The van der Waals surface area contributed by atoms with Gasteiger partial charge >= 0.3 is 0 Å². The van der Waals surface area contributed by atoms with Crippen LogP contribution in [0.2, 0.25) is 5.02 Å². The molecule has 1 unspecified atom stereocenters. The van der Waals surface area contributed by atoms with E-state index in [9.17, 15) is 13.2 Å². The Kier molecular flexibility index (Phi) is 4.37. The predicted octanol–water partition coefficient (Wildman–Crippen LogP) is 2.99. The van der Waals surface area contributed by atoms with Gasteiger partial charge in [-0.1, -0.05) is 17.7 Å². The van der Waals surface area contributed by atoms with Crippen LogP contribution in [0.5, 0.6) is 0 Å². The van der Waals surface area contributed by atoms with Gasteiger partial charge in [-0.3, -0.25) is 4.79 Å². The second kappa shape index (κ2) is 6.16. The van der Waals surface area contributed by atoms with Crippen molar-refractivity contribution in [1.82, 2.24) is 0 Å². The minimum absolute atomic E-state index is 0.0677. The normalized spacial score (nSPS) is 17.6. The fourth-order valence-electron chi connectivity index (χ4n) is 2.58. The average molecular weight is 369 g/mol. The summed E-state index contributed by atoms with van der Waals surface area (Å²) in [6.45, 7) is 0. The summed E-state index contributed by atoms with van der Waals surface area (Å²) >= 11 is 6.99. The molecule has 5 nitrogen and oxygen atoms in total.